The zero-order chi connectivity index (χ0) is 52.2. The Kier molecular flexibility index (Phi) is 60.1. The summed E-state index contributed by atoms with van der Waals surface area (Å²) in [7, 11) is 0. The van der Waals surface area contributed by atoms with E-state index in [4.69, 9.17) is 14.2 Å². The fourth-order valence-electron chi connectivity index (χ4n) is 10.1. The van der Waals surface area contributed by atoms with Gasteiger partial charge in [0.2, 0.25) is 0 Å². The maximum Gasteiger partial charge on any atom is 0.306 e. The largest absolute Gasteiger partial charge is 0.462 e. The van der Waals surface area contributed by atoms with Gasteiger partial charge in [-0.3, -0.25) is 14.4 Å². The zero-order valence-electron chi connectivity index (χ0n) is 49.0. The summed E-state index contributed by atoms with van der Waals surface area (Å²) in [6.45, 7) is 6.65. The average molecular weight is 1020 g/mol. The van der Waals surface area contributed by atoms with Gasteiger partial charge in [0.05, 0.1) is 0 Å². The van der Waals surface area contributed by atoms with E-state index in [-0.39, 0.29) is 31.1 Å². The van der Waals surface area contributed by atoms with E-state index in [2.05, 4.69) is 32.9 Å². The molecule has 1 atom stereocenters. The molecule has 0 rings (SSSR count). The fraction of sp³-hybridized carbons (Fsp3) is 0.924. The number of carbonyl (C=O) groups is 3. The predicted molar refractivity (Wildman–Crippen MR) is 312 cm³/mol. The van der Waals surface area contributed by atoms with E-state index >= 15 is 0 Å². The van der Waals surface area contributed by atoms with Crippen LogP contribution in [-0.2, 0) is 28.6 Å². The lowest BCUT2D eigenvalue weighted by molar-refractivity contribution is -0.167. The molecule has 6 nitrogen and oxygen atoms in total. The Morgan fingerprint density at radius 2 is 0.458 bits per heavy atom. The van der Waals surface area contributed by atoms with E-state index in [1.165, 1.54) is 276 Å². The van der Waals surface area contributed by atoms with Crippen LogP contribution in [0.5, 0.6) is 0 Å². The highest BCUT2D eigenvalue weighted by Crippen LogP contribution is 2.18. The first-order valence-electron chi connectivity index (χ1n) is 32.7. The van der Waals surface area contributed by atoms with Crippen LogP contribution in [0.1, 0.15) is 374 Å². The van der Waals surface area contributed by atoms with Gasteiger partial charge in [-0.2, -0.15) is 0 Å². The molecule has 0 radical (unpaired) electrons. The second kappa shape index (κ2) is 61.7. The minimum Gasteiger partial charge on any atom is -0.462 e. The number of esters is 3. The van der Waals surface area contributed by atoms with Crippen molar-refractivity contribution in [2.75, 3.05) is 13.2 Å². The third-order valence-corrected chi connectivity index (χ3v) is 15.0. The van der Waals surface area contributed by atoms with Crippen LogP contribution < -0.4 is 0 Å². The van der Waals surface area contributed by atoms with Crippen LogP contribution in [0.4, 0.5) is 0 Å². The van der Waals surface area contributed by atoms with Crippen molar-refractivity contribution in [1.82, 2.24) is 0 Å². The molecule has 0 fully saturated rings. The average Bonchev–Trinajstić information content (AvgIpc) is 3.38. The zero-order valence-corrected chi connectivity index (χ0v) is 49.0. The first-order chi connectivity index (χ1) is 35.5. The van der Waals surface area contributed by atoms with Crippen LogP contribution in [0.25, 0.3) is 0 Å². The Hall–Kier alpha value is -1.85. The summed E-state index contributed by atoms with van der Waals surface area (Å²) in [5.74, 6) is -0.849. The van der Waals surface area contributed by atoms with Crippen LogP contribution in [0.2, 0.25) is 0 Å². The predicted octanol–water partition coefficient (Wildman–Crippen LogP) is 22.1. The summed E-state index contributed by atoms with van der Waals surface area (Å²) in [6, 6.07) is 0. The molecule has 1 unspecified atom stereocenters. The molecule has 0 spiro atoms. The third kappa shape index (κ3) is 59.0. The maximum atomic E-state index is 12.8. The van der Waals surface area contributed by atoms with Gasteiger partial charge < -0.3 is 14.2 Å². The van der Waals surface area contributed by atoms with Crippen molar-refractivity contribution in [2.45, 2.75) is 380 Å². The van der Waals surface area contributed by atoms with E-state index < -0.39 is 6.10 Å². The number of carbonyl (C=O) groups excluding carboxylic acids is 3. The Balaban J connectivity index is 4.01. The highest BCUT2D eigenvalue weighted by Gasteiger charge is 2.19. The van der Waals surface area contributed by atoms with E-state index in [0.717, 1.165) is 57.8 Å². The van der Waals surface area contributed by atoms with Crippen molar-refractivity contribution in [3.05, 3.63) is 12.2 Å². The first-order valence-corrected chi connectivity index (χ1v) is 32.7. The van der Waals surface area contributed by atoms with Gasteiger partial charge in [0.1, 0.15) is 13.2 Å². The standard InChI is InChI=1S/C66H126O6/c1-4-7-10-13-16-18-20-22-24-26-28-30-32-33-35-36-38-40-42-44-46-48-50-53-56-59-65(68)71-62-63(61-70-64(67)58-55-52-15-12-9-6-3)72-66(69)60-57-54-51-49-47-45-43-41-39-37-34-31-29-27-25-23-21-19-17-14-11-8-5-2/h27,29,63H,4-26,28,30-62H2,1-3H3/b29-27-. The SMILES string of the molecule is CCCCCCCCCC/C=C\CCCCCCCCCCCCCC(=O)OC(COC(=O)CCCCCCCC)COC(=O)CCCCCCCCCCCCCCCCCCCCCCCCCCC. The molecule has 0 aromatic rings. The van der Waals surface area contributed by atoms with E-state index in [0.29, 0.717) is 19.3 Å². The first kappa shape index (κ1) is 70.1. The highest BCUT2D eigenvalue weighted by molar-refractivity contribution is 5.71. The normalized spacial score (nSPS) is 12.0. The molecule has 426 valence electrons. The molecule has 0 aliphatic carbocycles. The summed E-state index contributed by atoms with van der Waals surface area (Å²) < 4.78 is 16.8. The molecular formula is C66H126O6. The van der Waals surface area contributed by atoms with Crippen LogP contribution in [-0.4, -0.2) is 37.2 Å². The summed E-state index contributed by atoms with van der Waals surface area (Å²) in [5, 5.41) is 0. The third-order valence-electron chi connectivity index (χ3n) is 15.0. The Morgan fingerprint density at radius 1 is 0.264 bits per heavy atom. The van der Waals surface area contributed by atoms with Gasteiger partial charge in [-0.05, 0) is 44.9 Å². The monoisotopic (exact) mass is 1010 g/mol. The van der Waals surface area contributed by atoms with Gasteiger partial charge in [0, 0.05) is 19.3 Å². The van der Waals surface area contributed by atoms with E-state index in [9.17, 15) is 14.4 Å². The molecular weight excluding hydrogens is 889 g/mol. The summed E-state index contributed by atoms with van der Waals surface area (Å²) in [5.41, 5.74) is 0. The van der Waals surface area contributed by atoms with Gasteiger partial charge in [-0.1, -0.05) is 322 Å². The maximum absolute atomic E-state index is 12.8. The fourth-order valence-corrected chi connectivity index (χ4v) is 10.1. The second-order valence-corrected chi connectivity index (χ2v) is 22.4. The second-order valence-electron chi connectivity index (χ2n) is 22.4. The Labute approximate surface area is 450 Å². The van der Waals surface area contributed by atoms with Crippen molar-refractivity contribution in [1.29, 1.82) is 0 Å². The molecule has 0 saturated heterocycles. The quantitative estimate of drug-likeness (QED) is 0.0261. The summed E-state index contributed by atoms with van der Waals surface area (Å²) >= 11 is 0. The summed E-state index contributed by atoms with van der Waals surface area (Å²) in [6.07, 6.45) is 72.7. The number of ether oxygens (including phenoxy) is 3. The molecule has 0 aliphatic heterocycles. The molecule has 0 aliphatic rings. The lowest BCUT2D eigenvalue weighted by Crippen LogP contribution is -2.30. The summed E-state index contributed by atoms with van der Waals surface area (Å²) in [4.78, 5) is 38.0. The minimum atomic E-state index is -0.764. The van der Waals surface area contributed by atoms with Gasteiger partial charge >= 0.3 is 17.9 Å². The molecule has 0 heterocycles. The molecule has 0 aromatic carbocycles. The van der Waals surface area contributed by atoms with Crippen LogP contribution in [0, 0.1) is 0 Å². The van der Waals surface area contributed by atoms with Crippen molar-refractivity contribution < 1.29 is 28.6 Å². The van der Waals surface area contributed by atoms with Crippen molar-refractivity contribution in [3.8, 4) is 0 Å². The lowest BCUT2D eigenvalue weighted by Gasteiger charge is -2.18. The number of unbranched alkanes of at least 4 members (excludes halogenated alkanes) is 48. The number of rotatable bonds is 61. The van der Waals surface area contributed by atoms with Gasteiger partial charge in [-0.15, -0.1) is 0 Å². The number of allylic oxidation sites excluding steroid dienone is 2. The molecule has 0 saturated carbocycles. The van der Waals surface area contributed by atoms with Crippen molar-refractivity contribution in [2.24, 2.45) is 0 Å². The molecule has 0 aromatic heterocycles. The lowest BCUT2D eigenvalue weighted by atomic mass is 10.0. The number of hydrogen-bond acceptors (Lipinski definition) is 6. The van der Waals surface area contributed by atoms with E-state index in [1.807, 2.05) is 0 Å². The minimum absolute atomic E-state index is 0.0647. The smallest absolute Gasteiger partial charge is 0.306 e. The van der Waals surface area contributed by atoms with Crippen LogP contribution in [0.15, 0.2) is 12.2 Å². The molecule has 0 bridgehead atoms. The topological polar surface area (TPSA) is 78.9 Å². The Bertz CT molecular complexity index is 1120. The van der Waals surface area contributed by atoms with Crippen LogP contribution in [0.3, 0.4) is 0 Å². The number of hydrogen-bond donors (Lipinski definition) is 0. The molecule has 0 amide bonds. The van der Waals surface area contributed by atoms with Gasteiger partial charge in [-0.25, -0.2) is 0 Å². The molecule has 6 heteroatoms. The van der Waals surface area contributed by atoms with Gasteiger partial charge in [0.25, 0.3) is 0 Å². The Morgan fingerprint density at radius 3 is 0.694 bits per heavy atom. The molecule has 72 heavy (non-hydrogen) atoms. The highest BCUT2D eigenvalue weighted by atomic mass is 16.6. The van der Waals surface area contributed by atoms with Gasteiger partial charge in [0.15, 0.2) is 6.10 Å². The molecule has 0 N–H and O–H groups in total. The van der Waals surface area contributed by atoms with Crippen molar-refractivity contribution >= 4 is 17.9 Å². The van der Waals surface area contributed by atoms with E-state index in [1.54, 1.807) is 0 Å². The van der Waals surface area contributed by atoms with Crippen molar-refractivity contribution in [3.63, 3.8) is 0 Å². The van der Waals surface area contributed by atoms with Crippen LogP contribution >= 0.6 is 0 Å².